The first-order chi connectivity index (χ1) is 11.6. The Kier molecular flexibility index (Phi) is 10.8. The molecular weight excluding hydrogens is 347 g/mol. The molecule has 0 fully saturated rings. The second-order valence-corrected chi connectivity index (χ2v) is 6.60. The van der Waals surface area contributed by atoms with Gasteiger partial charge in [0.05, 0.1) is 6.61 Å². The van der Waals surface area contributed by atoms with Gasteiger partial charge in [-0.15, -0.1) is 11.6 Å². The molecule has 24 heavy (non-hydrogen) atoms. The molecule has 0 saturated carbocycles. The van der Waals surface area contributed by atoms with Crippen LogP contribution in [0.25, 0.3) is 0 Å². The van der Waals surface area contributed by atoms with Gasteiger partial charge in [0.1, 0.15) is 11.7 Å². The summed E-state index contributed by atoms with van der Waals surface area (Å²) in [5.74, 6) is -0.425. The molecule has 0 amide bonds. The minimum atomic E-state index is -0.645. The minimum Gasteiger partial charge on any atom is -0.465 e. The lowest BCUT2D eigenvalue weighted by molar-refractivity contribution is -0.151. The van der Waals surface area contributed by atoms with Crippen molar-refractivity contribution in [2.45, 2.75) is 51.9 Å². The first kappa shape index (κ1) is 21.0. The second kappa shape index (κ2) is 12.3. The highest BCUT2D eigenvalue weighted by Crippen LogP contribution is 2.18. The Labute approximate surface area is 154 Å². The number of ether oxygens (including phenoxy) is 1. The molecule has 1 rings (SSSR count). The lowest BCUT2D eigenvalue weighted by Gasteiger charge is -2.14. The normalized spacial score (nSPS) is 12.0. The van der Waals surface area contributed by atoms with Gasteiger partial charge in [-0.2, -0.15) is 0 Å². The molecule has 0 aliphatic rings. The molecule has 0 aliphatic heterocycles. The third-order valence-corrected chi connectivity index (χ3v) is 4.43. The number of rotatable bonds is 12. The number of carbonyl (C=O) groups is 2. The van der Waals surface area contributed by atoms with Gasteiger partial charge in [-0.1, -0.05) is 43.0 Å². The average molecular weight is 373 g/mol. The van der Waals surface area contributed by atoms with Crippen LogP contribution in [0.1, 0.15) is 51.0 Å². The second-order valence-electron chi connectivity index (χ2n) is 5.79. The molecule has 5 heteroatoms. The quantitative estimate of drug-likeness (QED) is 0.219. The molecule has 134 valence electrons. The van der Waals surface area contributed by atoms with Crippen molar-refractivity contribution >= 4 is 35.0 Å². The molecular formula is C19H26Cl2O3. The Hall–Kier alpha value is -1.06. The van der Waals surface area contributed by atoms with Gasteiger partial charge >= 0.3 is 5.97 Å². The molecule has 0 aliphatic carbocycles. The summed E-state index contributed by atoms with van der Waals surface area (Å²) in [7, 11) is 0. The predicted octanol–water partition coefficient (Wildman–Crippen LogP) is 5.21. The summed E-state index contributed by atoms with van der Waals surface area (Å²) in [4.78, 5) is 24.6. The number of benzene rings is 1. The van der Waals surface area contributed by atoms with E-state index in [2.05, 4.69) is 0 Å². The van der Waals surface area contributed by atoms with Crippen LogP contribution in [-0.2, 0) is 20.7 Å². The van der Waals surface area contributed by atoms with E-state index in [0.29, 0.717) is 36.8 Å². The van der Waals surface area contributed by atoms with E-state index in [1.165, 1.54) is 0 Å². The number of halogens is 2. The Balaban J connectivity index is 2.52. The fourth-order valence-electron chi connectivity index (χ4n) is 2.54. The number of Topliss-reactive ketones (excluding diaryl/α,β-unsaturated/α-hetero) is 1. The molecule has 0 N–H and O–H groups in total. The fourth-order valence-corrected chi connectivity index (χ4v) is 2.86. The standard InChI is InChI=1S/C19H26Cl2O3/c1-2-24-19(23)17(7-5-3-4-6-14-20)18(22)13-10-15-8-11-16(21)12-9-15/h8-9,11-12,17H,2-7,10,13-14H2,1H3. The van der Waals surface area contributed by atoms with Gasteiger partial charge in [-0.3, -0.25) is 9.59 Å². The van der Waals surface area contributed by atoms with Gasteiger partial charge in [-0.25, -0.2) is 0 Å². The monoisotopic (exact) mass is 372 g/mol. The van der Waals surface area contributed by atoms with Crippen LogP contribution in [0.4, 0.5) is 0 Å². The maximum atomic E-state index is 12.5. The van der Waals surface area contributed by atoms with Crippen LogP contribution in [0.3, 0.4) is 0 Å². The van der Waals surface area contributed by atoms with Crippen molar-refractivity contribution in [1.82, 2.24) is 0 Å². The van der Waals surface area contributed by atoms with Gasteiger partial charge < -0.3 is 4.74 Å². The molecule has 0 aromatic heterocycles. The SMILES string of the molecule is CCOC(=O)C(CCCCCCCl)C(=O)CCc1ccc(Cl)cc1. The number of alkyl halides is 1. The Bertz CT molecular complexity index is 500. The van der Waals surface area contributed by atoms with Crippen molar-refractivity contribution in [2.75, 3.05) is 12.5 Å². The smallest absolute Gasteiger partial charge is 0.316 e. The third kappa shape index (κ3) is 8.16. The lowest BCUT2D eigenvalue weighted by atomic mass is 9.92. The predicted molar refractivity (Wildman–Crippen MR) is 98.7 cm³/mol. The summed E-state index contributed by atoms with van der Waals surface area (Å²) < 4.78 is 5.07. The van der Waals surface area contributed by atoms with Gasteiger partial charge in [0.2, 0.25) is 0 Å². The van der Waals surface area contributed by atoms with E-state index >= 15 is 0 Å². The highest BCUT2D eigenvalue weighted by atomic mass is 35.5. The highest BCUT2D eigenvalue weighted by molar-refractivity contribution is 6.30. The van der Waals surface area contributed by atoms with E-state index < -0.39 is 11.9 Å². The number of esters is 1. The third-order valence-electron chi connectivity index (χ3n) is 3.91. The topological polar surface area (TPSA) is 43.4 Å². The van der Waals surface area contributed by atoms with Crippen LogP contribution in [0.2, 0.25) is 5.02 Å². The molecule has 0 spiro atoms. The minimum absolute atomic E-state index is 0.0410. The number of ketones is 1. The Morgan fingerprint density at radius 1 is 1.08 bits per heavy atom. The Morgan fingerprint density at radius 2 is 1.75 bits per heavy atom. The molecule has 1 unspecified atom stereocenters. The van der Waals surface area contributed by atoms with E-state index in [4.69, 9.17) is 27.9 Å². The van der Waals surface area contributed by atoms with Crippen molar-refractivity contribution in [1.29, 1.82) is 0 Å². The molecule has 0 radical (unpaired) electrons. The van der Waals surface area contributed by atoms with Gasteiger partial charge in [0, 0.05) is 17.3 Å². The van der Waals surface area contributed by atoms with Crippen molar-refractivity contribution in [3.05, 3.63) is 34.9 Å². The number of carbonyl (C=O) groups excluding carboxylic acids is 2. The largest absolute Gasteiger partial charge is 0.465 e. The lowest BCUT2D eigenvalue weighted by Crippen LogP contribution is -2.26. The van der Waals surface area contributed by atoms with Crippen LogP contribution in [0.15, 0.2) is 24.3 Å². The van der Waals surface area contributed by atoms with Crippen molar-refractivity contribution < 1.29 is 14.3 Å². The van der Waals surface area contributed by atoms with E-state index in [9.17, 15) is 9.59 Å². The molecule has 1 aromatic carbocycles. The Morgan fingerprint density at radius 3 is 2.38 bits per heavy atom. The van der Waals surface area contributed by atoms with Gasteiger partial charge in [-0.05, 0) is 43.9 Å². The molecule has 0 saturated heterocycles. The van der Waals surface area contributed by atoms with E-state index in [1.807, 2.05) is 12.1 Å². The van der Waals surface area contributed by atoms with Crippen LogP contribution in [0, 0.1) is 5.92 Å². The summed E-state index contributed by atoms with van der Waals surface area (Å²) >= 11 is 11.5. The van der Waals surface area contributed by atoms with Crippen molar-refractivity contribution in [2.24, 2.45) is 5.92 Å². The molecule has 1 atom stereocenters. The summed E-state index contributed by atoms with van der Waals surface area (Å²) in [5.41, 5.74) is 1.04. The first-order valence-electron chi connectivity index (χ1n) is 8.58. The van der Waals surface area contributed by atoms with Crippen LogP contribution in [0.5, 0.6) is 0 Å². The maximum absolute atomic E-state index is 12.5. The summed E-state index contributed by atoms with van der Waals surface area (Å²) in [5, 5.41) is 0.673. The van der Waals surface area contributed by atoms with Gasteiger partial charge in [0.15, 0.2) is 0 Å². The van der Waals surface area contributed by atoms with Crippen LogP contribution < -0.4 is 0 Å². The van der Waals surface area contributed by atoms with Crippen molar-refractivity contribution in [3.63, 3.8) is 0 Å². The number of aryl methyl sites for hydroxylation is 1. The highest BCUT2D eigenvalue weighted by Gasteiger charge is 2.26. The number of hydrogen-bond acceptors (Lipinski definition) is 3. The average Bonchev–Trinajstić information content (AvgIpc) is 2.57. The van der Waals surface area contributed by atoms with E-state index in [1.54, 1.807) is 19.1 Å². The van der Waals surface area contributed by atoms with Crippen LogP contribution in [-0.4, -0.2) is 24.2 Å². The van der Waals surface area contributed by atoms with Crippen molar-refractivity contribution in [3.8, 4) is 0 Å². The molecule has 1 aromatic rings. The number of unbranched alkanes of at least 4 members (excludes halogenated alkanes) is 3. The van der Waals surface area contributed by atoms with E-state index in [0.717, 1.165) is 31.2 Å². The first-order valence-corrected chi connectivity index (χ1v) is 9.49. The van der Waals surface area contributed by atoms with E-state index in [-0.39, 0.29) is 5.78 Å². The zero-order chi connectivity index (χ0) is 17.8. The summed E-state index contributed by atoms with van der Waals surface area (Å²) in [6.45, 7) is 2.06. The molecule has 0 bridgehead atoms. The molecule has 0 heterocycles. The zero-order valence-corrected chi connectivity index (χ0v) is 15.7. The summed E-state index contributed by atoms with van der Waals surface area (Å²) in [6.07, 6.45) is 5.32. The maximum Gasteiger partial charge on any atom is 0.316 e. The fraction of sp³-hybridized carbons (Fsp3) is 0.579. The number of hydrogen-bond donors (Lipinski definition) is 0. The summed E-state index contributed by atoms with van der Waals surface area (Å²) in [6, 6.07) is 7.42. The molecule has 3 nitrogen and oxygen atoms in total. The van der Waals surface area contributed by atoms with Crippen LogP contribution >= 0.6 is 23.2 Å². The zero-order valence-electron chi connectivity index (χ0n) is 14.2. The van der Waals surface area contributed by atoms with Gasteiger partial charge in [0.25, 0.3) is 0 Å².